The lowest BCUT2D eigenvalue weighted by Crippen LogP contribution is -2.06. The fraction of sp³-hybridized carbons (Fsp3) is 0.267. The van der Waals surface area contributed by atoms with Gasteiger partial charge in [0.05, 0.1) is 5.69 Å². The monoisotopic (exact) mass is 272 g/mol. The topological polar surface area (TPSA) is 66.6 Å². The highest BCUT2D eigenvalue weighted by atomic mass is 16.7. The van der Waals surface area contributed by atoms with Crippen molar-refractivity contribution in [2.75, 3.05) is 13.3 Å². The Kier molecular flexibility index (Phi) is 3.69. The van der Waals surface area contributed by atoms with Crippen molar-refractivity contribution in [2.24, 2.45) is 5.73 Å². The number of rotatable bonds is 5. The van der Waals surface area contributed by atoms with E-state index in [4.69, 9.17) is 19.9 Å². The van der Waals surface area contributed by atoms with Gasteiger partial charge in [0.2, 0.25) is 6.79 Å². The number of fused-ring (bicyclic) bond motifs is 1. The van der Waals surface area contributed by atoms with Gasteiger partial charge in [-0.05, 0) is 36.7 Å². The van der Waals surface area contributed by atoms with E-state index in [1.165, 1.54) is 0 Å². The third-order valence-corrected chi connectivity index (χ3v) is 3.07. The largest absolute Gasteiger partial charge is 0.487 e. The van der Waals surface area contributed by atoms with E-state index in [9.17, 15) is 0 Å². The third-order valence-electron chi connectivity index (χ3n) is 3.07. The molecule has 1 aliphatic rings. The second kappa shape index (κ2) is 5.79. The average Bonchev–Trinajstić information content (AvgIpc) is 2.93. The maximum Gasteiger partial charge on any atom is 0.231 e. The van der Waals surface area contributed by atoms with Gasteiger partial charge < -0.3 is 19.9 Å². The molecule has 2 heterocycles. The Morgan fingerprint density at radius 1 is 1.20 bits per heavy atom. The number of benzene rings is 1. The van der Waals surface area contributed by atoms with Crippen LogP contribution in [0, 0.1) is 0 Å². The van der Waals surface area contributed by atoms with Crippen LogP contribution in [0.5, 0.6) is 17.2 Å². The zero-order valence-corrected chi connectivity index (χ0v) is 11.0. The Morgan fingerprint density at radius 3 is 2.80 bits per heavy atom. The van der Waals surface area contributed by atoms with Crippen molar-refractivity contribution >= 4 is 0 Å². The molecular weight excluding hydrogens is 256 g/mol. The van der Waals surface area contributed by atoms with Crippen LogP contribution in [0.15, 0.2) is 36.5 Å². The summed E-state index contributed by atoms with van der Waals surface area (Å²) in [5, 5.41) is 0. The van der Waals surface area contributed by atoms with Gasteiger partial charge in [0, 0.05) is 12.3 Å². The molecule has 5 heteroatoms. The fourth-order valence-corrected chi connectivity index (χ4v) is 2.09. The first kappa shape index (κ1) is 12.7. The van der Waals surface area contributed by atoms with E-state index in [-0.39, 0.29) is 6.79 Å². The summed E-state index contributed by atoms with van der Waals surface area (Å²) in [7, 11) is 0. The maximum absolute atomic E-state index is 5.85. The van der Waals surface area contributed by atoms with Gasteiger partial charge in [0.25, 0.3) is 0 Å². The summed E-state index contributed by atoms with van der Waals surface area (Å²) in [6.07, 6.45) is 2.48. The molecule has 1 aromatic carbocycles. The van der Waals surface area contributed by atoms with Crippen LogP contribution in [0.3, 0.4) is 0 Å². The van der Waals surface area contributed by atoms with Crippen LogP contribution in [0.25, 0.3) is 0 Å². The van der Waals surface area contributed by atoms with Crippen LogP contribution in [0.2, 0.25) is 0 Å². The van der Waals surface area contributed by atoms with Gasteiger partial charge in [0.15, 0.2) is 11.5 Å². The molecule has 3 rings (SSSR count). The molecule has 0 atom stereocenters. The number of nitrogens with zero attached hydrogens (tertiary/aromatic N) is 1. The number of ether oxygens (including phenoxy) is 3. The molecular formula is C15H16N2O3. The zero-order chi connectivity index (χ0) is 13.8. The van der Waals surface area contributed by atoms with Crippen LogP contribution in [0.4, 0.5) is 0 Å². The van der Waals surface area contributed by atoms with Gasteiger partial charge in [-0.1, -0.05) is 6.07 Å². The van der Waals surface area contributed by atoms with E-state index in [0.29, 0.717) is 18.9 Å². The molecule has 0 saturated carbocycles. The molecule has 0 saturated heterocycles. The van der Waals surface area contributed by atoms with E-state index in [0.717, 1.165) is 29.2 Å². The van der Waals surface area contributed by atoms with Crippen molar-refractivity contribution in [3.8, 4) is 17.2 Å². The molecule has 1 aliphatic heterocycles. The molecule has 0 aliphatic carbocycles. The summed E-state index contributed by atoms with van der Waals surface area (Å²) in [5.74, 6) is 2.23. The SMILES string of the molecule is NCCc1cc2c(cc1OCc1ccccn1)OCO2. The predicted molar refractivity (Wildman–Crippen MR) is 73.9 cm³/mol. The Hall–Kier alpha value is -2.27. The summed E-state index contributed by atoms with van der Waals surface area (Å²) < 4.78 is 16.6. The van der Waals surface area contributed by atoms with Gasteiger partial charge in [0.1, 0.15) is 12.4 Å². The lowest BCUT2D eigenvalue weighted by molar-refractivity contribution is 0.173. The van der Waals surface area contributed by atoms with Crippen LogP contribution in [-0.2, 0) is 13.0 Å². The Morgan fingerprint density at radius 2 is 2.05 bits per heavy atom. The molecule has 20 heavy (non-hydrogen) atoms. The Balaban J connectivity index is 1.80. The van der Waals surface area contributed by atoms with Gasteiger partial charge in [-0.25, -0.2) is 0 Å². The molecule has 0 bridgehead atoms. The summed E-state index contributed by atoms with van der Waals surface area (Å²) in [6.45, 7) is 1.22. The van der Waals surface area contributed by atoms with Crippen molar-refractivity contribution in [1.29, 1.82) is 0 Å². The first-order valence-corrected chi connectivity index (χ1v) is 6.52. The summed E-state index contributed by atoms with van der Waals surface area (Å²) in [5.41, 5.74) is 7.54. The molecule has 1 aromatic heterocycles. The number of hydrogen-bond donors (Lipinski definition) is 1. The van der Waals surface area contributed by atoms with E-state index in [1.54, 1.807) is 6.20 Å². The number of aromatic nitrogens is 1. The first-order chi connectivity index (χ1) is 9.86. The third kappa shape index (κ3) is 2.67. The lowest BCUT2D eigenvalue weighted by Gasteiger charge is -2.12. The maximum atomic E-state index is 5.85. The normalized spacial score (nSPS) is 12.4. The molecule has 0 fully saturated rings. The van der Waals surface area contributed by atoms with Gasteiger partial charge in [-0.15, -0.1) is 0 Å². The summed E-state index contributed by atoms with van der Waals surface area (Å²) in [6, 6.07) is 9.53. The fourth-order valence-electron chi connectivity index (χ4n) is 2.09. The number of pyridine rings is 1. The summed E-state index contributed by atoms with van der Waals surface area (Å²) >= 11 is 0. The minimum atomic E-state index is 0.251. The van der Waals surface area contributed by atoms with Crippen LogP contribution >= 0.6 is 0 Å². The highest BCUT2D eigenvalue weighted by Gasteiger charge is 2.17. The van der Waals surface area contributed by atoms with Crippen molar-refractivity contribution < 1.29 is 14.2 Å². The average molecular weight is 272 g/mol. The van der Waals surface area contributed by atoms with Crippen molar-refractivity contribution in [3.63, 3.8) is 0 Å². The van der Waals surface area contributed by atoms with Gasteiger partial charge in [-0.2, -0.15) is 0 Å². The lowest BCUT2D eigenvalue weighted by atomic mass is 10.1. The van der Waals surface area contributed by atoms with Crippen molar-refractivity contribution in [1.82, 2.24) is 4.98 Å². The van der Waals surface area contributed by atoms with Crippen molar-refractivity contribution in [3.05, 3.63) is 47.8 Å². The minimum Gasteiger partial charge on any atom is -0.487 e. The molecule has 0 amide bonds. The second-order valence-corrected chi connectivity index (χ2v) is 4.46. The van der Waals surface area contributed by atoms with Crippen LogP contribution in [0.1, 0.15) is 11.3 Å². The van der Waals surface area contributed by atoms with Gasteiger partial charge in [-0.3, -0.25) is 4.98 Å². The molecule has 2 N–H and O–H groups in total. The predicted octanol–water partition coefficient (Wildman–Crippen LogP) is 1.89. The smallest absolute Gasteiger partial charge is 0.231 e. The molecule has 104 valence electrons. The van der Waals surface area contributed by atoms with E-state index in [1.807, 2.05) is 30.3 Å². The molecule has 0 unspecified atom stereocenters. The molecule has 0 radical (unpaired) electrons. The molecule has 2 aromatic rings. The van der Waals surface area contributed by atoms with E-state index >= 15 is 0 Å². The number of nitrogens with two attached hydrogens (primary N) is 1. The first-order valence-electron chi connectivity index (χ1n) is 6.52. The second-order valence-electron chi connectivity index (χ2n) is 4.46. The zero-order valence-electron chi connectivity index (χ0n) is 11.0. The summed E-state index contributed by atoms with van der Waals surface area (Å²) in [4.78, 5) is 4.24. The van der Waals surface area contributed by atoms with Crippen LogP contribution < -0.4 is 19.9 Å². The minimum absolute atomic E-state index is 0.251. The van der Waals surface area contributed by atoms with E-state index < -0.39 is 0 Å². The highest BCUT2D eigenvalue weighted by molar-refractivity contribution is 5.52. The van der Waals surface area contributed by atoms with Crippen molar-refractivity contribution in [2.45, 2.75) is 13.0 Å². The quantitative estimate of drug-likeness (QED) is 0.900. The highest BCUT2D eigenvalue weighted by Crippen LogP contribution is 2.38. The Labute approximate surface area is 117 Å². The molecule has 5 nitrogen and oxygen atoms in total. The number of hydrogen-bond acceptors (Lipinski definition) is 5. The van der Waals surface area contributed by atoms with E-state index in [2.05, 4.69) is 4.98 Å². The molecule has 0 spiro atoms. The Bertz CT molecular complexity index is 587. The standard InChI is InChI=1S/C15H16N2O3/c16-5-4-11-7-14-15(20-10-19-14)8-13(11)18-9-12-3-1-2-6-17-12/h1-3,6-8H,4-5,9-10,16H2. The van der Waals surface area contributed by atoms with Crippen LogP contribution in [-0.4, -0.2) is 18.3 Å². The van der Waals surface area contributed by atoms with Gasteiger partial charge >= 0.3 is 0 Å².